The summed E-state index contributed by atoms with van der Waals surface area (Å²) < 4.78 is 7.29. The Morgan fingerprint density at radius 3 is 2.65 bits per heavy atom. The highest BCUT2D eigenvalue weighted by Crippen LogP contribution is 2.35. The number of nitrogens with one attached hydrogen (secondary N) is 2. The molecule has 0 radical (unpaired) electrons. The van der Waals surface area contributed by atoms with Crippen LogP contribution < -0.4 is 15.4 Å². The highest BCUT2D eigenvalue weighted by Gasteiger charge is 2.30. The first-order valence-electron chi connectivity index (χ1n) is 10.5. The summed E-state index contributed by atoms with van der Waals surface area (Å²) in [4.78, 5) is 19.1. The zero-order valence-electron chi connectivity index (χ0n) is 18.7. The predicted octanol–water partition coefficient (Wildman–Crippen LogP) is 5.28. The van der Waals surface area contributed by atoms with Crippen LogP contribution in [0, 0.1) is 13.8 Å². The van der Waals surface area contributed by atoms with E-state index in [0.29, 0.717) is 28.1 Å². The van der Waals surface area contributed by atoms with Crippen molar-refractivity contribution in [3.8, 4) is 10.8 Å². The van der Waals surface area contributed by atoms with Gasteiger partial charge in [0.15, 0.2) is 12.0 Å². The van der Waals surface area contributed by atoms with Crippen molar-refractivity contribution >= 4 is 40.4 Å². The van der Waals surface area contributed by atoms with Gasteiger partial charge in [-0.25, -0.2) is 4.79 Å². The summed E-state index contributed by atoms with van der Waals surface area (Å²) in [5, 5.41) is 16.0. The van der Waals surface area contributed by atoms with Gasteiger partial charge in [0.05, 0.1) is 18.5 Å². The second-order valence-corrected chi connectivity index (χ2v) is 9.37. The van der Waals surface area contributed by atoms with Crippen LogP contribution in [-0.4, -0.2) is 33.6 Å². The summed E-state index contributed by atoms with van der Waals surface area (Å²) >= 11 is 7.75. The second-order valence-electron chi connectivity index (χ2n) is 7.70. The summed E-state index contributed by atoms with van der Waals surface area (Å²) in [6, 6.07) is 16.3. The SMILES string of the molecule is COc1ccccc1NC(=O)NC1N=C(c2ccc(Cl)cc2)c2cc(C)sc2-n2c(C)nnc21. The van der Waals surface area contributed by atoms with Crippen molar-refractivity contribution in [1.82, 2.24) is 20.1 Å². The number of methoxy groups -OCH3 is 1. The molecule has 3 heterocycles. The molecule has 0 saturated carbocycles. The van der Waals surface area contributed by atoms with Crippen LogP contribution in [0.2, 0.25) is 5.02 Å². The topological polar surface area (TPSA) is 93.4 Å². The fraction of sp³-hybridized carbons (Fsp3) is 0.167. The maximum atomic E-state index is 13.0. The number of rotatable bonds is 4. The number of amides is 2. The third kappa shape index (κ3) is 4.04. The summed E-state index contributed by atoms with van der Waals surface area (Å²) in [6.45, 7) is 3.93. The molecule has 0 aliphatic carbocycles. The number of hydrogen-bond acceptors (Lipinski definition) is 6. The average molecular weight is 493 g/mol. The van der Waals surface area contributed by atoms with Gasteiger partial charge in [0.2, 0.25) is 0 Å². The lowest BCUT2D eigenvalue weighted by atomic mass is 10.0. The first-order valence-corrected chi connectivity index (χ1v) is 11.7. The van der Waals surface area contributed by atoms with E-state index >= 15 is 0 Å². The van der Waals surface area contributed by atoms with Gasteiger partial charge in [-0.05, 0) is 44.2 Å². The van der Waals surface area contributed by atoms with Gasteiger partial charge >= 0.3 is 6.03 Å². The van der Waals surface area contributed by atoms with Crippen molar-refractivity contribution in [2.45, 2.75) is 20.0 Å². The smallest absolute Gasteiger partial charge is 0.321 e. The van der Waals surface area contributed by atoms with Crippen molar-refractivity contribution in [1.29, 1.82) is 0 Å². The van der Waals surface area contributed by atoms with Crippen LogP contribution in [0.15, 0.2) is 59.6 Å². The molecule has 8 nitrogen and oxygen atoms in total. The number of carbonyl (C=O) groups excluding carboxylic acids is 1. The molecule has 5 rings (SSSR count). The van der Waals surface area contributed by atoms with Gasteiger partial charge in [0.1, 0.15) is 16.6 Å². The Labute approximate surface area is 205 Å². The molecule has 172 valence electrons. The Bertz CT molecular complexity index is 1410. The predicted molar refractivity (Wildman–Crippen MR) is 134 cm³/mol. The van der Waals surface area contributed by atoms with Crippen molar-refractivity contribution in [3.05, 3.63) is 87.3 Å². The monoisotopic (exact) mass is 492 g/mol. The zero-order valence-corrected chi connectivity index (χ0v) is 20.2. The number of fused-ring (bicyclic) bond motifs is 3. The lowest BCUT2D eigenvalue weighted by Gasteiger charge is -2.16. The number of para-hydroxylation sites is 2. The van der Waals surface area contributed by atoms with Crippen LogP contribution in [0.3, 0.4) is 0 Å². The molecule has 34 heavy (non-hydrogen) atoms. The number of thiophene rings is 1. The number of urea groups is 1. The van der Waals surface area contributed by atoms with Crippen molar-refractivity contribution in [2.24, 2.45) is 4.99 Å². The Kier molecular flexibility index (Phi) is 5.80. The lowest BCUT2D eigenvalue weighted by Crippen LogP contribution is -2.33. The second kappa shape index (κ2) is 8.92. The molecule has 1 aliphatic rings. The Balaban J connectivity index is 1.58. The molecule has 0 bridgehead atoms. The standard InChI is InChI=1S/C24H21ClN6O2S/c1-13-12-17-20(15-8-10-16(25)11-9-15)27-21(22-30-29-14(2)31(22)23(17)34-13)28-24(32)26-18-6-4-5-7-19(18)33-3/h4-12,21H,1-3H3,(H2,26,28,32). The highest BCUT2D eigenvalue weighted by molar-refractivity contribution is 7.15. The normalized spacial score (nSPS) is 14.5. The van der Waals surface area contributed by atoms with Gasteiger partial charge in [-0.2, -0.15) is 0 Å². The van der Waals surface area contributed by atoms with E-state index in [-0.39, 0.29) is 0 Å². The molecule has 0 saturated heterocycles. The molecule has 2 aromatic heterocycles. The minimum Gasteiger partial charge on any atom is -0.495 e. The molecule has 1 unspecified atom stereocenters. The van der Waals surface area contributed by atoms with Crippen LogP contribution in [0.4, 0.5) is 10.5 Å². The molecule has 0 spiro atoms. The van der Waals surface area contributed by atoms with E-state index in [4.69, 9.17) is 21.3 Å². The van der Waals surface area contributed by atoms with Crippen molar-refractivity contribution in [3.63, 3.8) is 0 Å². The number of aryl methyl sites for hydroxylation is 2. The van der Waals surface area contributed by atoms with Gasteiger partial charge in [-0.3, -0.25) is 9.56 Å². The number of nitrogens with zero attached hydrogens (tertiary/aromatic N) is 4. The van der Waals surface area contributed by atoms with Gasteiger partial charge < -0.3 is 15.4 Å². The zero-order chi connectivity index (χ0) is 23.8. The molecule has 4 aromatic rings. The third-order valence-corrected chi connectivity index (χ3v) is 6.67. The largest absolute Gasteiger partial charge is 0.495 e. The highest BCUT2D eigenvalue weighted by atomic mass is 35.5. The van der Waals surface area contributed by atoms with Gasteiger partial charge in [-0.1, -0.05) is 35.9 Å². The van der Waals surface area contributed by atoms with E-state index < -0.39 is 12.2 Å². The average Bonchev–Trinajstić information content (AvgIpc) is 3.36. The van der Waals surface area contributed by atoms with Gasteiger partial charge in [0.25, 0.3) is 0 Å². The number of ether oxygens (including phenoxy) is 1. The number of halogens is 1. The third-order valence-electron chi connectivity index (χ3n) is 5.39. The lowest BCUT2D eigenvalue weighted by molar-refractivity contribution is 0.248. The molecule has 2 N–H and O–H groups in total. The van der Waals surface area contributed by atoms with Gasteiger partial charge in [-0.15, -0.1) is 21.5 Å². The molecule has 1 aliphatic heterocycles. The first kappa shape index (κ1) is 22.1. The maximum absolute atomic E-state index is 13.0. The van der Waals surface area contributed by atoms with Crippen molar-refractivity contribution < 1.29 is 9.53 Å². The van der Waals surface area contributed by atoms with Crippen molar-refractivity contribution in [2.75, 3.05) is 12.4 Å². The molecular formula is C24H21ClN6O2S. The summed E-state index contributed by atoms with van der Waals surface area (Å²) in [6.07, 6.45) is -0.776. The number of aliphatic imine (C=N–C) groups is 1. The van der Waals surface area contributed by atoms with Gasteiger partial charge in [0, 0.05) is 21.0 Å². The van der Waals surface area contributed by atoms with Crippen LogP contribution in [0.5, 0.6) is 5.75 Å². The quantitative estimate of drug-likeness (QED) is 0.405. The number of benzene rings is 2. The fourth-order valence-electron chi connectivity index (χ4n) is 3.87. The number of anilines is 1. The van der Waals surface area contributed by atoms with E-state index in [0.717, 1.165) is 26.7 Å². The minimum absolute atomic E-state index is 0.442. The Morgan fingerprint density at radius 1 is 1.12 bits per heavy atom. The number of aromatic nitrogens is 3. The number of hydrogen-bond donors (Lipinski definition) is 2. The van der Waals surface area contributed by atoms with Crippen LogP contribution in [0.25, 0.3) is 5.00 Å². The van der Waals surface area contributed by atoms with Crippen LogP contribution in [-0.2, 0) is 0 Å². The van der Waals surface area contributed by atoms with E-state index in [9.17, 15) is 4.79 Å². The van der Waals surface area contributed by atoms with Crippen LogP contribution in [0.1, 0.15) is 33.8 Å². The summed E-state index contributed by atoms with van der Waals surface area (Å²) in [5.41, 5.74) is 3.12. The minimum atomic E-state index is -0.776. The molecule has 1 atom stereocenters. The van der Waals surface area contributed by atoms with E-state index in [1.165, 1.54) is 0 Å². The van der Waals surface area contributed by atoms with E-state index in [1.807, 2.05) is 47.9 Å². The molecule has 2 amide bonds. The van der Waals surface area contributed by atoms with Crippen LogP contribution >= 0.6 is 22.9 Å². The van der Waals surface area contributed by atoms with E-state index in [2.05, 4.69) is 33.8 Å². The summed E-state index contributed by atoms with van der Waals surface area (Å²) in [5.74, 6) is 1.79. The molecule has 2 aromatic carbocycles. The number of carbonyl (C=O) groups is 1. The Morgan fingerprint density at radius 2 is 1.88 bits per heavy atom. The Hall–Kier alpha value is -3.69. The molecule has 0 fully saturated rings. The molecule has 10 heteroatoms. The molecular weight excluding hydrogens is 472 g/mol. The summed E-state index contributed by atoms with van der Waals surface area (Å²) in [7, 11) is 1.55. The van der Waals surface area contributed by atoms with E-state index in [1.54, 1.807) is 30.6 Å². The fourth-order valence-corrected chi connectivity index (χ4v) is 5.06. The maximum Gasteiger partial charge on any atom is 0.321 e. The first-order chi connectivity index (χ1) is 16.4.